The summed E-state index contributed by atoms with van der Waals surface area (Å²) < 4.78 is 5.48. The van der Waals surface area contributed by atoms with Gasteiger partial charge in [0.1, 0.15) is 0 Å². The zero-order valence-corrected chi connectivity index (χ0v) is 13.9. The van der Waals surface area contributed by atoms with Crippen LogP contribution in [0, 0.1) is 0 Å². The first kappa shape index (κ1) is 17.1. The minimum Gasteiger partial charge on any atom is -0.381 e. The van der Waals surface area contributed by atoms with Crippen molar-refractivity contribution >= 4 is 17.5 Å². The number of nitrogens with one attached hydrogen (secondary N) is 2. The number of pyridine rings is 1. The first-order chi connectivity index (χ1) is 12.2. The summed E-state index contributed by atoms with van der Waals surface area (Å²) in [4.78, 5) is 28.1. The van der Waals surface area contributed by atoms with E-state index in [0.717, 1.165) is 18.4 Å². The second-order valence-electron chi connectivity index (χ2n) is 6.14. The van der Waals surface area contributed by atoms with Crippen molar-refractivity contribution in [3.63, 3.8) is 0 Å². The molecule has 0 bridgehead atoms. The summed E-state index contributed by atoms with van der Waals surface area (Å²) in [6.45, 7) is 1.69. The highest BCUT2D eigenvalue weighted by molar-refractivity contribution is 6.39. The van der Waals surface area contributed by atoms with Gasteiger partial charge in [-0.15, -0.1) is 0 Å². The average molecular weight is 339 g/mol. The van der Waals surface area contributed by atoms with E-state index in [-0.39, 0.29) is 5.41 Å². The smallest absolute Gasteiger partial charge is 0.313 e. The molecule has 1 aliphatic heterocycles. The minimum absolute atomic E-state index is 0.205. The molecule has 3 rings (SSSR count). The van der Waals surface area contributed by atoms with Crippen LogP contribution in [0.5, 0.6) is 0 Å². The van der Waals surface area contributed by atoms with Crippen molar-refractivity contribution in [2.75, 3.05) is 25.1 Å². The fraction of sp³-hybridized carbons (Fsp3) is 0.316. The van der Waals surface area contributed by atoms with E-state index in [1.54, 1.807) is 18.3 Å². The third-order valence-corrected chi connectivity index (χ3v) is 4.55. The van der Waals surface area contributed by atoms with Crippen LogP contribution in [-0.2, 0) is 19.7 Å². The van der Waals surface area contributed by atoms with Crippen LogP contribution in [0.3, 0.4) is 0 Å². The van der Waals surface area contributed by atoms with Gasteiger partial charge in [-0.3, -0.25) is 14.6 Å². The van der Waals surface area contributed by atoms with Crippen LogP contribution in [0.4, 0.5) is 5.69 Å². The van der Waals surface area contributed by atoms with Crippen LogP contribution >= 0.6 is 0 Å². The lowest BCUT2D eigenvalue weighted by Gasteiger charge is -2.37. The van der Waals surface area contributed by atoms with Crippen molar-refractivity contribution in [3.8, 4) is 0 Å². The van der Waals surface area contributed by atoms with E-state index in [9.17, 15) is 9.59 Å². The summed E-state index contributed by atoms with van der Waals surface area (Å²) in [5, 5.41) is 5.33. The predicted octanol–water partition coefficient (Wildman–Crippen LogP) is 1.88. The van der Waals surface area contributed by atoms with E-state index in [1.807, 2.05) is 18.2 Å². The Balaban J connectivity index is 1.65. The van der Waals surface area contributed by atoms with Crippen LogP contribution < -0.4 is 10.6 Å². The van der Waals surface area contributed by atoms with E-state index in [1.165, 1.54) is 6.20 Å². The number of benzene rings is 1. The normalized spacial score (nSPS) is 16.0. The van der Waals surface area contributed by atoms with Gasteiger partial charge in [0.25, 0.3) is 0 Å². The maximum atomic E-state index is 12.2. The van der Waals surface area contributed by atoms with Crippen molar-refractivity contribution in [1.29, 1.82) is 0 Å². The number of aromatic nitrogens is 1. The maximum absolute atomic E-state index is 12.2. The molecule has 2 heterocycles. The number of amides is 2. The average Bonchev–Trinajstić information content (AvgIpc) is 2.68. The Kier molecular flexibility index (Phi) is 5.40. The molecule has 0 atom stereocenters. The van der Waals surface area contributed by atoms with E-state index in [2.05, 4.69) is 27.8 Å². The molecule has 1 saturated heterocycles. The van der Waals surface area contributed by atoms with E-state index in [0.29, 0.717) is 25.4 Å². The van der Waals surface area contributed by atoms with Crippen LogP contribution in [-0.4, -0.2) is 36.6 Å². The van der Waals surface area contributed by atoms with Gasteiger partial charge in [0, 0.05) is 31.4 Å². The van der Waals surface area contributed by atoms with E-state index >= 15 is 0 Å². The lowest BCUT2D eigenvalue weighted by Crippen LogP contribution is -2.47. The molecule has 1 aromatic carbocycles. The minimum atomic E-state index is -0.691. The predicted molar refractivity (Wildman–Crippen MR) is 94.0 cm³/mol. The topological polar surface area (TPSA) is 80.3 Å². The molecular formula is C19H21N3O3. The summed E-state index contributed by atoms with van der Waals surface area (Å²) in [6, 6.07) is 13.5. The van der Waals surface area contributed by atoms with Gasteiger partial charge >= 0.3 is 11.8 Å². The number of carbonyl (C=O) groups excluding carboxylic acids is 2. The van der Waals surface area contributed by atoms with Crippen LogP contribution in [0.15, 0.2) is 54.9 Å². The second kappa shape index (κ2) is 7.90. The lowest BCUT2D eigenvalue weighted by atomic mass is 9.74. The van der Waals surface area contributed by atoms with Crippen molar-refractivity contribution in [3.05, 3.63) is 60.4 Å². The molecule has 0 radical (unpaired) electrons. The molecular weight excluding hydrogens is 318 g/mol. The van der Waals surface area contributed by atoms with Crippen molar-refractivity contribution in [2.24, 2.45) is 0 Å². The van der Waals surface area contributed by atoms with Gasteiger partial charge in [-0.1, -0.05) is 30.3 Å². The molecule has 25 heavy (non-hydrogen) atoms. The van der Waals surface area contributed by atoms with E-state index < -0.39 is 11.8 Å². The summed E-state index contributed by atoms with van der Waals surface area (Å²) in [6.07, 6.45) is 4.71. The van der Waals surface area contributed by atoms with Gasteiger partial charge in [-0.2, -0.15) is 0 Å². The lowest BCUT2D eigenvalue weighted by molar-refractivity contribution is -0.136. The molecule has 0 spiro atoms. The highest BCUT2D eigenvalue weighted by Gasteiger charge is 2.35. The molecule has 2 aromatic rings. The van der Waals surface area contributed by atoms with Crippen LogP contribution in [0.25, 0.3) is 0 Å². The Bertz CT molecular complexity index is 713. The largest absolute Gasteiger partial charge is 0.381 e. The number of anilines is 1. The van der Waals surface area contributed by atoms with Crippen LogP contribution in [0.2, 0.25) is 0 Å². The highest BCUT2D eigenvalue weighted by Crippen LogP contribution is 2.34. The summed E-state index contributed by atoms with van der Waals surface area (Å²) in [5.74, 6) is -1.34. The molecule has 130 valence electrons. The number of hydrogen-bond donors (Lipinski definition) is 2. The molecule has 2 amide bonds. The van der Waals surface area contributed by atoms with E-state index in [4.69, 9.17) is 4.74 Å². The zero-order valence-electron chi connectivity index (χ0n) is 13.9. The van der Waals surface area contributed by atoms with Gasteiger partial charge in [0.15, 0.2) is 0 Å². The van der Waals surface area contributed by atoms with Gasteiger partial charge < -0.3 is 15.4 Å². The highest BCUT2D eigenvalue weighted by atomic mass is 16.5. The molecule has 1 fully saturated rings. The first-order valence-electron chi connectivity index (χ1n) is 8.32. The molecule has 6 heteroatoms. The summed E-state index contributed by atoms with van der Waals surface area (Å²) >= 11 is 0. The fourth-order valence-corrected chi connectivity index (χ4v) is 3.08. The van der Waals surface area contributed by atoms with Crippen molar-refractivity contribution in [2.45, 2.75) is 18.3 Å². The Morgan fingerprint density at radius 2 is 1.80 bits per heavy atom. The Morgan fingerprint density at radius 3 is 2.48 bits per heavy atom. The standard InChI is InChI=1S/C19H21N3O3/c23-17(18(24)22-16-7-4-10-20-13-16)21-14-19(8-11-25-12-9-19)15-5-2-1-3-6-15/h1-7,10,13H,8-9,11-12,14H2,(H,21,23)(H,22,24). The number of hydrogen-bond acceptors (Lipinski definition) is 4. The maximum Gasteiger partial charge on any atom is 0.313 e. The van der Waals surface area contributed by atoms with Crippen molar-refractivity contribution < 1.29 is 14.3 Å². The molecule has 0 saturated carbocycles. The first-order valence-corrected chi connectivity index (χ1v) is 8.32. The third-order valence-electron chi connectivity index (χ3n) is 4.55. The van der Waals surface area contributed by atoms with Gasteiger partial charge in [0.05, 0.1) is 11.9 Å². The van der Waals surface area contributed by atoms with Gasteiger partial charge in [-0.25, -0.2) is 0 Å². The summed E-state index contributed by atoms with van der Waals surface area (Å²) in [7, 11) is 0. The molecule has 0 unspecified atom stereocenters. The van der Waals surface area contributed by atoms with Crippen LogP contribution in [0.1, 0.15) is 18.4 Å². The molecule has 6 nitrogen and oxygen atoms in total. The fourth-order valence-electron chi connectivity index (χ4n) is 3.08. The Morgan fingerprint density at radius 1 is 1.04 bits per heavy atom. The number of ether oxygens (including phenoxy) is 1. The number of carbonyl (C=O) groups is 2. The summed E-state index contributed by atoms with van der Waals surface area (Å²) in [5.41, 5.74) is 1.45. The SMILES string of the molecule is O=C(NCC1(c2ccccc2)CCOCC1)C(=O)Nc1cccnc1. The Hall–Kier alpha value is -2.73. The monoisotopic (exact) mass is 339 g/mol. The molecule has 2 N–H and O–H groups in total. The van der Waals surface area contributed by atoms with Gasteiger partial charge in [-0.05, 0) is 30.5 Å². The molecule has 1 aliphatic rings. The zero-order chi connectivity index (χ0) is 17.5. The number of nitrogens with zero attached hydrogens (tertiary/aromatic N) is 1. The second-order valence-corrected chi connectivity index (χ2v) is 6.14. The third kappa shape index (κ3) is 4.22. The quantitative estimate of drug-likeness (QED) is 0.834. The van der Waals surface area contributed by atoms with Gasteiger partial charge in [0.2, 0.25) is 0 Å². The Labute approximate surface area is 146 Å². The molecule has 0 aliphatic carbocycles. The van der Waals surface area contributed by atoms with Crippen molar-refractivity contribution in [1.82, 2.24) is 10.3 Å². The number of rotatable bonds is 4. The molecule has 1 aromatic heterocycles.